The van der Waals surface area contributed by atoms with E-state index in [1.54, 1.807) is 21.0 Å². The highest BCUT2D eigenvalue weighted by atomic mass is 16.6. The van der Waals surface area contributed by atoms with Crippen molar-refractivity contribution in [3.63, 3.8) is 0 Å². The number of carbonyl (C=O) groups excluding carboxylic acids is 4. The highest BCUT2D eigenvalue weighted by molar-refractivity contribution is 5.98. The fourth-order valence-corrected chi connectivity index (χ4v) is 7.78. The predicted octanol–water partition coefficient (Wildman–Crippen LogP) is 3.18. The van der Waals surface area contributed by atoms with Crippen molar-refractivity contribution in [1.29, 1.82) is 0 Å². The molecule has 3 N–H and O–H groups in total. The maximum Gasteiger partial charge on any atom is 0.243 e. The van der Waals surface area contributed by atoms with Crippen LogP contribution in [0.1, 0.15) is 83.6 Å². The third-order valence-corrected chi connectivity index (χ3v) is 11.0. The molecule has 2 saturated heterocycles. The lowest BCUT2D eigenvalue weighted by atomic mass is 9.70. The van der Waals surface area contributed by atoms with Gasteiger partial charge in [0.25, 0.3) is 0 Å². The van der Waals surface area contributed by atoms with Gasteiger partial charge in [0, 0.05) is 19.5 Å². The highest BCUT2D eigenvalue weighted by Gasteiger charge is 2.50. The second kappa shape index (κ2) is 17.1. The first-order chi connectivity index (χ1) is 23.1. The summed E-state index contributed by atoms with van der Waals surface area (Å²) in [4.78, 5) is 55.8. The number of nitrogens with one attached hydrogen (secondary N) is 3. The second-order valence-corrected chi connectivity index (χ2v) is 14.7. The van der Waals surface area contributed by atoms with Crippen LogP contribution in [-0.4, -0.2) is 98.7 Å². The molecule has 0 bridgehead atoms. The Labute approximate surface area is 285 Å². The van der Waals surface area contributed by atoms with Crippen molar-refractivity contribution in [2.75, 3.05) is 46.6 Å². The number of amides is 3. The van der Waals surface area contributed by atoms with E-state index in [-0.39, 0.29) is 24.7 Å². The lowest BCUT2D eigenvalue weighted by Gasteiger charge is -2.37. The van der Waals surface area contributed by atoms with E-state index in [2.05, 4.69) is 16.0 Å². The second-order valence-electron chi connectivity index (χ2n) is 14.7. The van der Waals surface area contributed by atoms with E-state index < -0.39 is 35.5 Å². The van der Waals surface area contributed by atoms with Gasteiger partial charge in [-0.3, -0.25) is 24.1 Å². The van der Waals surface area contributed by atoms with Crippen LogP contribution >= 0.6 is 0 Å². The molecule has 3 amide bonds. The molecule has 1 aromatic rings. The smallest absolute Gasteiger partial charge is 0.243 e. The Kier molecular flexibility index (Phi) is 12.9. The molecule has 0 aromatic heterocycles. The zero-order chi connectivity index (χ0) is 34.1. The molecule has 0 radical (unpaired) electrons. The number of Topliss-reactive ketones (excluding diaryl/α,β-unsaturated/α-hetero) is 1. The van der Waals surface area contributed by atoms with Gasteiger partial charge >= 0.3 is 0 Å². The number of rotatable bonds is 15. The summed E-state index contributed by atoms with van der Waals surface area (Å²) >= 11 is 0. The zero-order valence-corrected chi connectivity index (χ0v) is 29.1. The van der Waals surface area contributed by atoms with E-state index >= 15 is 0 Å². The molecular formula is C37H56N4O7. The summed E-state index contributed by atoms with van der Waals surface area (Å²) in [5.74, 6) is 1.37. The molecule has 2 aliphatic carbocycles. The molecule has 266 valence electrons. The molecule has 4 atom stereocenters. The number of methoxy groups -OCH3 is 1. The first-order valence-electron chi connectivity index (χ1n) is 18.1. The van der Waals surface area contributed by atoms with Gasteiger partial charge in [0.05, 0.1) is 39.5 Å². The summed E-state index contributed by atoms with van der Waals surface area (Å²) in [5, 5.41) is 8.69. The van der Waals surface area contributed by atoms with Crippen LogP contribution in [0, 0.1) is 17.8 Å². The highest BCUT2D eigenvalue weighted by Crippen LogP contribution is 2.41. The quantitative estimate of drug-likeness (QED) is 0.243. The fraction of sp³-hybridized carbons (Fsp3) is 0.730. The van der Waals surface area contributed by atoms with E-state index in [1.165, 1.54) is 44.9 Å². The summed E-state index contributed by atoms with van der Waals surface area (Å²) < 4.78 is 16.2. The van der Waals surface area contributed by atoms with Crippen molar-refractivity contribution in [2.24, 2.45) is 17.8 Å². The van der Waals surface area contributed by atoms with Crippen molar-refractivity contribution >= 4 is 23.5 Å². The van der Waals surface area contributed by atoms with Crippen LogP contribution in [0.4, 0.5) is 0 Å². The molecule has 0 spiro atoms. The monoisotopic (exact) mass is 668 g/mol. The van der Waals surface area contributed by atoms with E-state index in [0.29, 0.717) is 51.0 Å². The fourth-order valence-electron chi connectivity index (χ4n) is 7.78. The summed E-state index contributed by atoms with van der Waals surface area (Å²) in [5.41, 5.74) is -0.0627. The molecule has 2 heterocycles. The van der Waals surface area contributed by atoms with Crippen LogP contribution in [0.3, 0.4) is 0 Å². The summed E-state index contributed by atoms with van der Waals surface area (Å²) in [6.07, 6.45) is 12.0. The van der Waals surface area contributed by atoms with E-state index in [1.807, 2.05) is 29.2 Å². The van der Waals surface area contributed by atoms with Crippen molar-refractivity contribution < 1.29 is 33.4 Å². The van der Waals surface area contributed by atoms with Gasteiger partial charge in [0.2, 0.25) is 17.7 Å². The normalized spacial score (nSPS) is 26.8. The Balaban J connectivity index is 1.23. The van der Waals surface area contributed by atoms with Gasteiger partial charge in [-0.1, -0.05) is 57.1 Å². The summed E-state index contributed by atoms with van der Waals surface area (Å²) in [6, 6.07) is 4.79. The Hall–Kier alpha value is -3.02. The molecule has 4 fully saturated rings. The van der Waals surface area contributed by atoms with Crippen LogP contribution in [-0.2, 0) is 35.1 Å². The first kappa shape index (κ1) is 36.3. The first-order valence-corrected chi connectivity index (χ1v) is 18.1. The van der Waals surface area contributed by atoms with Crippen molar-refractivity contribution in [3.05, 3.63) is 29.8 Å². The SMILES string of the molecule is COc1ccc(C[C@H](NC(=O)[C@H](C)NC(=O)CN2CCOCC2)C(=O)N[C@@H](CC2CCC(C3CCCCC3)CC2)C(=O)[C@@]2(C)CO2)cc1. The van der Waals surface area contributed by atoms with Gasteiger partial charge in [-0.25, -0.2) is 0 Å². The standard InChI is InChI=1S/C37H56N4O7/c1-25(38-33(42)23-41-17-19-47-20-18-41)35(44)40-32(22-27-11-15-30(46-3)16-12-27)36(45)39-31(34(43)37(2)24-48-37)21-26-9-13-29(14-10-26)28-7-5-4-6-8-28/h11-12,15-16,25-26,28-29,31-32H,4-10,13-14,17-24H2,1-3H3,(H,38,42)(H,39,45)(H,40,44)/t25-,26?,29?,31-,32-,37+/m0/s1. The molecular weight excluding hydrogens is 612 g/mol. The van der Waals surface area contributed by atoms with Gasteiger partial charge in [0.1, 0.15) is 23.4 Å². The molecule has 48 heavy (non-hydrogen) atoms. The zero-order valence-electron chi connectivity index (χ0n) is 29.1. The number of epoxide rings is 1. The molecule has 11 heteroatoms. The van der Waals surface area contributed by atoms with Crippen LogP contribution in [0.15, 0.2) is 24.3 Å². The maximum atomic E-state index is 14.0. The Morgan fingerprint density at radius 3 is 2.12 bits per heavy atom. The third-order valence-electron chi connectivity index (χ3n) is 11.0. The Morgan fingerprint density at radius 1 is 0.875 bits per heavy atom. The van der Waals surface area contributed by atoms with Crippen molar-refractivity contribution in [1.82, 2.24) is 20.9 Å². The molecule has 11 nitrogen and oxygen atoms in total. The van der Waals surface area contributed by atoms with Gasteiger partial charge in [0.15, 0.2) is 5.78 Å². The van der Waals surface area contributed by atoms with E-state index in [0.717, 1.165) is 30.2 Å². The van der Waals surface area contributed by atoms with Gasteiger partial charge in [-0.15, -0.1) is 0 Å². The van der Waals surface area contributed by atoms with Crippen LogP contribution < -0.4 is 20.7 Å². The van der Waals surface area contributed by atoms with Crippen molar-refractivity contribution in [2.45, 2.75) is 108 Å². The third kappa shape index (κ3) is 10.2. The molecule has 5 rings (SSSR count). The van der Waals surface area contributed by atoms with Crippen LogP contribution in [0.5, 0.6) is 5.75 Å². The Morgan fingerprint density at radius 2 is 1.50 bits per heavy atom. The molecule has 2 saturated carbocycles. The average molecular weight is 669 g/mol. The lowest BCUT2D eigenvalue weighted by molar-refractivity contribution is -0.134. The minimum absolute atomic E-state index is 0.108. The summed E-state index contributed by atoms with van der Waals surface area (Å²) in [6.45, 7) is 6.37. The maximum absolute atomic E-state index is 14.0. The van der Waals surface area contributed by atoms with Gasteiger partial charge < -0.3 is 30.2 Å². The van der Waals surface area contributed by atoms with Crippen LogP contribution in [0.2, 0.25) is 0 Å². The van der Waals surface area contributed by atoms with Crippen LogP contribution in [0.25, 0.3) is 0 Å². The summed E-state index contributed by atoms with van der Waals surface area (Å²) in [7, 11) is 1.59. The topological polar surface area (TPSA) is 139 Å². The average Bonchev–Trinajstić information content (AvgIpc) is 3.86. The number of ketones is 1. The molecule has 1 aromatic carbocycles. The van der Waals surface area contributed by atoms with Gasteiger partial charge in [-0.05, 0) is 68.6 Å². The molecule has 0 unspecified atom stereocenters. The number of morpholine rings is 1. The number of hydrogen-bond donors (Lipinski definition) is 3. The van der Waals surface area contributed by atoms with E-state index in [4.69, 9.17) is 14.2 Å². The number of ether oxygens (including phenoxy) is 3. The lowest BCUT2D eigenvalue weighted by Crippen LogP contribution is -2.57. The minimum atomic E-state index is -0.963. The predicted molar refractivity (Wildman–Crippen MR) is 181 cm³/mol. The number of nitrogens with zero attached hydrogens (tertiary/aromatic N) is 1. The largest absolute Gasteiger partial charge is 0.497 e. The van der Waals surface area contributed by atoms with Gasteiger partial charge in [-0.2, -0.15) is 0 Å². The molecule has 4 aliphatic rings. The van der Waals surface area contributed by atoms with E-state index in [9.17, 15) is 19.2 Å². The van der Waals surface area contributed by atoms with Crippen molar-refractivity contribution in [3.8, 4) is 5.75 Å². The number of carbonyl (C=O) groups is 4. The number of benzene rings is 1. The number of hydrogen-bond acceptors (Lipinski definition) is 8. The minimum Gasteiger partial charge on any atom is -0.497 e. The Bertz CT molecular complexity index is 1230. The molecule has 2 aliphatic heterocycles.